The predicted molar refractivity (Wildman–Crippen MR) is 97.5 cm³/mol. The molecule has 1 fully saturated rings. The van der Waals surface area contributed by atoms with Gasteiger partial charge in [-0.05, 0) is 30.4 Å². The number of para-hydroxylation sites is 1. The molecule has 3 heterocycles. The summed E-state index contributed by atoms with van der Waals surface area (Å²) in [7, 11) is 0. The van der Waals surface area contributed by atoms with Gasteiger partial charge in [0.2, 0.25) is 0 Å². The number of amides is 1. The number of piperidine rings is 1. The van der Waals surface area contributed by atoms with E-state index in [0.717, 1.165) is 48.9 Å². The van der Waals surface area contributed by atoms with Crippen molar-refractivity contribution in [2.45, 2.75) is 25.4 Å². The molecule has 1 N–H and O–H groups in total. The van der Waals surface area contributed by atoms with Gasteiger partial charge in [-0.2, -0.15) is 0 Å². The maximum Gasteiger partial charge on any atom is 0.261 e. The molecule has 1 aromatic heterocycles. The molecule has 2 aliphatic rings. The van der Waals surface area contributed by atoms with Gasteiger partial charge in [0.05, 0.1) is 4.88 Å². The fourth-order valence-corrected chi connectivity index (χ4v) is 4.03. The Morgan fingerprint density at radius 3 is 2.80 bits per heavy atom. The molecule has 6 heteroatoms. The van der Waals surface area contributed by atoms with Gasteiger partial charge in [-0.25, -0.2) is 0 Å². The first-order valence-electron chi connectivity index (χ1n) is 8.74. The standard InChI is InChI=1S/C19H22N2O3S/c22-19(17-5-2-12-25-17)20-15-6-8-21(9-7-15)13-14-3-1-4-16-18(14)24-11-10-23-16/h1-5,12,15H,6-11,13H2,(H,20,22). The van der Waals surface area contributed by atoms with Crippen LogP contribution in [0.4, 0.5) is 0 Å². The zero-order valence-electron chi connectivity index (χ0n) is 14.1. The number of ether oxygens (including phenoxy) is 2. The number of fused-ring (bicyclic) bond motifs is 1. The van der Waals surface area contributed by atoms with E-state index < -0.39 is 0 Å². The van der Waals surface area contributed by atoms with E-state index in [0.29, 0.717) is 13.2 Å². The van der Waals surface area contributed by atoms with Gasteiger partial charge in [-0.15, -0.1) is 11.3 Å². The van der Waals surface area contributed by atoms with Crippen LogP contribution >= 0.6 is 11.3 Å². The van der Waals surface area contributed by atoms with Crippen LogP contribution in [-0.4, -0.2) is 43.2 Å². The third-order valence-electron chi connectivity index (χ3n) is 4.71. The highest BCUT2D eigenvalue weighted by atomic mass is 32.1. The molecule has 1 amide bonds. The normalized spacial score (nSPS) is 18.1. The zero-order chi connectivity index (χ0) is 17.1. The molecule has 5 nitrogen and oxygen atoms in total. The van der Waals surface area contributed by atoms with Crippen LogP contribution < -0.4 is 14.8 Å². The minimum absolute atomic E-state index is 0.0520. The Kier molecular flexibility index (Phi) is 4.90. The van der Waals surface area contributed by atoms with Crippen molar-refractivity contribution in [1.29, 1.82) is 0 Å². The second-order valence-corrected chi connectivity index (χ2v) is 7.39. The summed E-state index contributed by atoms with van der Waals surface area (Å²) in [5.41, 5.74) is 1.18. The van der Waals surface area contributed by atoms with Crippen molar-refractivity contribution in [2.24, 2.45) is 0 Å². The van der Waals surface area contributed by atoms with Crippen molar-refractivity contribution in [3.8, 4) is 11.5 Å². The molecule has 0 aliphatic carbocycles. The Hall–Kier alpha value is -2.05. The van der Waals surface area contributed by atoms with Crippen LogP contribution in [0, 0.1) is 0 Å². The van der Waals surface area contributed by atoms with Crippen molar-refractivity contribution < 1.29 is 14.3 Å². The topological polar surface area (TPSA) is 50.8 Å². The van der Waals surface area contributed by atoms with Crippen LogP contribution in [0.2, 0.25) is 0 Å². The summed E-state index contributed by atoms with van der Waals surface area (Å²) in [6, 6.07) is 10.1. The highest BCUT2D eigenvalue weighted by Gasteiger charge is 2.23. The third kappa shape index (κ3) is 3.80. The van der Waals surface area contributed by atoms with Crippen molar-refractivity contribution in [1.82, 2.24) is 10.2 Å². The van der Waals surface area contributed by atoms with E-state index in [1.807, 2.05) is 29.6 Å². The molecule has 4 rings (SSSR count). The Bertz CT molecular complexity index is 724. The zero-order valence-corrected chi connectivity index (χ0v) is 14.9. The van der Waals surface area contributed by atoms with Crippen LogP contribution in [-0.2, 0) is 6.54 Å². The van der Waals surface area contributed by atoms with Gasteiger partial charge >= 0.3 is 0 Å². The van der Waals surface area contributed by atoms with E-state index in [1.54, 1.807) is 0 Å². The Balaban J connectivity index is 1.31. The first kappa shape index (κ1) is 16.4. The largest absolute Gasteiger partial charge is 0.486 e. The van der Waals surface area contributed by atoms with E-state index in [-0.39, 0.29) is 11.9 Å². The van der Waals surface area contributed by atoms with Gasteiger partial charge < -0.3 is 14.8 Å². The van der Waals surface area contributed by atoms with Gasteiger partial charge in [0.15, 0.2) is 11.5 Å². The number of thiophene rings is 1. The van der Waals surface area contributed by atoms with E-state index in [9.17, 15) is 4.79 Å². The van der Waals surface area contributed by atoms with Crippen LogP contribution in [0.3, 0.4) is 0 Å². The molecule has 0 spiro atoms. The van der Waals surface area contributed by atoms with E-state index in [2.05, 4.69) is 16.3 Å². The number of carbonyl (C=O) groups excluding carboxylic acids is 1. The van der Waals surface area contributed by atoms with Crippen molar-refractivity contribution in [3.63, 3.8) is 0 Å². The van der Waals surface area contributed by atoms with E-state index in [4.69, 9.17) is 9.47 Å². The molecule has 0 radical (unpaired) electrons. The number of hydrogen-bond acceptors (Lipinski definition) is 5. The SMILES string of the molecule is O=C(NC1CCN(Cc2cccc3c2OCCO3)CC1)c1cccs1. The molecular weight excluding hydrogens is 336 g/mol. The molecule has 0 bridgehead atoms. The molecule has 25 heavy (non-hydrogen) atoms. The van der Waals surface area contributed by atoms with E-state index >= 15 is 0 Å². The minimum atomic E-state index is 0.0520. The monoisotopic (exact) mass is 358 g/mol. The van der Waals surface area contributed by atoms with Crippen molar-refractivity contribution in [2.75, 3.05) is 26.3 Å². The number of likely N-dealkylation sites (tertiary alicyclic amines) is 1. The highest BCUT2D eigenvalue weighted by molar-refractivity contribution is 7.12. The molecule has 1 saturated heterocycles. The average molecular weight is 358 g/mol. The lowest BCUT2D eigenvalue weighted by atomic mass is 10.0. The van der Waals surface area contributed by atoms with Gasteiger partial charge in [-0.1, -0.05) is 18.2 Å². The smallest absolute Gasteiger partial charge is 0.261 e. The molecule has 132 valence electrons. The quantitative estimate of drug-likeness (QED) is 0.913. The maximum absolute atomic E-state index is 12.2. The van der Waals surface area contributed by atoms with Gasteiger partial charge in [0.1, 0.15) is 13.2 Å². The third-order valence-corrected chi connectivity index (χ3v) is 5.58. The molecule has 2 aliphatic heterocycles. The van der Waals surface area contributed by atoms with Crippen molar-refractivity contribution in [3.05, 3.63) is 46.2 Å². The minimum Gasteiger partial charge on any atom is -0.486 e. The average Bonchev–Trinajstić information content (AvgIpc) is 3.19. The molecule has 1 aromatic carbocycles. The van der Waals surface area contributed by atoms with Crippen LogP contribution in [0.25, 0.3) is 0 Å². The molecule has 2 aromatic rings. The summed E-state index contributed by atoms with van der Waals surface area (Å²) >= 11 is 1.49. The van der Waals surface area contributed by atoms with Crippen molar-refractivity contribution >= 4 is 17.2 Å². The van der Waals surface area contributed by atoms with Crippen LogP contribution in [0.1, 0.15) is 28.1 Å². The fraction of sp³-hybridized carbons (Fsp3) is 0.421. The summed E-state index contributed by atoms with van der Waals surface area (Å²) in [6.45, 7) is 4.03. The van der Waals surface area contributed by atoms with Crippen LogP contribution in [0.5, 0.6) is 11.5 Å². The maximum atomic E-state index is 12.2. The first-order valence-corrected chi connectivity index (χ1v) is 9.62. The fourth-order valence-electron chi connectivity index (χ4n) is 3.40. The first-order chi connectivity index (χ1) is 12.3. The molecule has 0 unspecified atom stereocenters. The number of rotatable bonds is 4. The molecule has 0 atom stereocenters. The summed E-state index contributed by atoms with van der Waals surface area (Å²) < 4.78 is 11.5. The number of carbonyl (C=O) groups is 1. The lowest BCUT2D eigenvalue weighted by Crippen LogP contribution is -2.44. The predicted octanol–water partition coefficient (Wildman–Crippen LogP) is 2.91. The van der Waals surface area contributed by atoms with Gasteiger partial charge in [0, 0.05) is 31.2 Å². The van der Waals surface area contributed by atoms with Gasteiger partial charge in [-0.3, -0.25) is 9.69 Å². The lowest BCUT2D eigenvalue weighted by Gasteiger charge is -2.33. The second-order valence-electron chi connectivity index (χ2n) is 6.44. The number of nitrogens with one attached hydrogen (secondary N) is 1. The molecule has 0 saturated carbocycles. The second kappa shape index (κ2) is 7.45. The summed E-state index contributed by atoms with van der Waals surface area (Å²) in [5.74, 6) is 1.79. The van der Waals surface area contributed by atoms with E-state index in [1.165, 1.54) is 16.9 Å². The number of nitrogens with zero attached hydrogens (tertiary/aromatic N) is 1. The highest BCUT2D eigenvalue weighted by Crippen LogP contribution is 2.34. The summed E-state index contributed by atoms with van der Waals surface area (Å²) in [6.07, 6.45) is 1.95. The Morgan fingerprint density at radius 1 is 1.16 bits per heavy atom. The number of benzene rings is 1. The molecular formula is C19H22N2O3S. The Morgan fingerprint density at radius 2 is 2.00 bits per heavy atom. The summed E-state index contributed by atoms with van der Waals surface area (Å²) in [4.78, 5) is 15.4. The summed E-state index contributed by atoms with van der Waals surface area (Å²) in [5, 5.41) is 5.09. The number of hydrogen-bond donors (Lipinski definition) is 1. The van der Waals surface area contributed by atoms with Gasteiger partial charge in [0.25, 0.3) is 5.91 Å². The Labute approximate surface area is 151 Å². The van der Waals surface area contributed by atoms with Crippen LogP contribution in [0.15, 0.2) is 35.7 Å². The lowest BCUT2D eigenvalue weighted by molar-refractivity contribution is 0.0912.